The summed E-state index contributed by atoms with van der Waals surface area (Å²) in [5.74, 6) is -5.09. The number of nitrogens with zero attached hydrogens (tertiary/aromatic N) is 5. The quantitative estimate of drug-likeness (QED) is 0.384. The summed E-state index contributed by atoms with van der Waals surface area (Å²) in [6.07, 6.45) is -9.14. The molecule has 2 aliphatic rings. The highest BCUT2D eigenvalue weighted by atomic mass is 19.4. The Morgan fingerprint density at radius 1 is 1.20 bits per heavy atom. The van der Waals surface area contributed by atoms with Crippen LogP contribution in [0.1, 0.15) is 15.9 Å². The van der Waals surface area contributed by atoms with E-state index in [0.717, 1.165) is 0 Å². The number of aromatic nitrogens is 3. The Morgan fingerprint density at radius 3 is 2.60 bits per heavy atom. The first-order valence-corrected chi connectivity index (χ1v) is 12.0. The van der Waals surface area contributed by atoms with Gasteiger partial charge in [-0.15, -0.1) is 0 Å². The zero-order valence-electron chi connectivity index (χ0n) is 20.6. The molecule has 0 saturated carbocycles. The molecule has 5 rings (SSSR count). The van der Waals surface area contributed by atoms with E-state index in [1.807, 2.05) is 0 Å². The molecule has 2 aliphatic heterocycles. The molecule has 1 aromatic carbocycles. The lowest BCUT2D eigenvalue weighted by molar-refractivity contribution is -0.210. The van der Waals surface area contributed by atoms with Crippen LogP contribution in [0, 0.1) is 0 Å². The van der Waals surface area contributed by atoms with E-state index in [2.05, 4.69) is 15.4 Å². The van der Waals surface area contributed by atoms with Gasteiger partial charge in [-0.25, -0.2) is 22.7 Å². The number of nitrogen functional groups attached to an aromatic ring is 1. The molecule has 16 heteroatoms. The lowest BCUT2D eigenvalue weighted by Crippen LogP contribution is -2.55. The first-order valence-electron chi connectivity index (χ1n) is 12.0. The number of aliphatic hydroxyl groups is 1. The number of anilines is 1. The summed E-state index contributed by atoms with van der Waals surface area (Å²) in [4.78, 5) is 30.9. The molecule has 0 bridgehead atoms. The van der Waals surface area contributed by atoms with Gasteiger partial charge in [-0.05, 0) is 23.8 Å². The van der Waals surface area contributed by atoms with Gasteiger partial charge in [0.15, 0.2) is 5.82 Å². The maximum absolute atomic E-state index is 14.5. The Kier molecular flexibility index (Phi) is 6.86. The summed E-state index contributed by atoms with van der Waals surface area (Å²) in [6.45, 7) is -1.93. The third-order valence-electron chi connectivity index (χ3n) is 6.81. The fourth-order valence-corrected chi connectivity index (χ4v) is 4.90. The summed E-state index contributed by atoms with van der Waals surface area (Å²) < 4.78 is 80.8. The average molecular weight is 571 g/mol. The van der Waals surface area contributed by atoms with Crippen molar-refractivity contribution in [3.63, 3.8) is 0 Å². The minimum Gasteiger partial charge on any atom is -0.382 e. The third-order valence-corrected chi connectivity index (χ3v) is 6.81. The molecule has 4 N–H and O–H groups in total. The average Bonchev–Trinajstić information content (AvgIpc) is 3.42. The Labute approximate surface area is 222 Å². The van der Waals surface area contributed by atoms with Crippen molar-refractivity contribution in [1.29, 1.82) is 0 Å². The highest BCUT2D eigenvalue weighted by Gasteiger charge is 2.48. The number of carbonyl (C=O) groups excluding carboxylic acids is 2. The van der Waals surface area contributed by atoms with Crippen LogP contribution in [0.4, 0.5) is 32.2 Å². The lowest BCUT2D eigenvalue weighted by atomic mass is 10.1. The zero-order valence-corrected chi connectivity index (χ0v) is 20.6. The van der Waals surface area contributed by atoms with E-state index in [1.54, 1.807) is 18.2 Å². The molecule has 0 spiro atoms. The number of likely N-dealkylation sites (tertiary alicyclic amines) is 2. The third kappa shape index (κ3) is 5.28. The van der Waals surface area contributed by atoms with Crippen molar-refractivity contribution < 1.29 is 41.0 Å². The van der Waals surface area contributed by atoms with Gasteiger partial charge in [0.2, 0.25) is 6.10 Å². The van der Waals surface area contributed by atoms with Gasteiger partial charge in [0.1, 0.15) is 18.0 Å². The SMILES string of the molecule is Nc1ncnn2c(-c3cccc(C(=O)N[C@@H]4CN(C(=O)C(O)C(F)(F)F)C[C@@H]4F)c3)cc(CN3CC(F)(F)C3)c12. The molecule has 2 saturated heterocycles. The molecule has 2 aromatic heterocycles. The molecule has 4 heterocycles. The second-order valence-corrected chi connectivity index (χ2v) is 9.83. The van der Waals surface area contributed by atoms with E-state index in [0.29, 0.717) is 27.2 Å². The van der Waals surface area contributed by atoms with Gasteiger partial charge >= 0.3 is 6.18 Å². The maximum atomic E-state index is 14.5. The summed E-state index contributed by atoms with van der Waals surface area (Å²) in [5, 5.41) is 15.8. The standard InChI is InChI=1S/C24H23F6N7O3/c25-15-7-36(22(40)19(38)24(28,29)30)8-16(15)34-21(39)13-3-1-2-12(4-13)17-5-14(6-35-9-23(26,27)10-35)18-20(31)32-11-33-37(17)18/h1-5,11,15-16,19,38H,6-10H2,(H,34,39)(H2,31,32,33)/t15-,16+,19?/m0/s1. The maximum Gasteiger partial charge on any atom is 0.423 e. The van der Waals surface area contributed by atoms with Crippen molar-refractivity contribution in [3.8, 4) is 11.3 Å². The Balaban J connectivity index is 1.35. The van der Waals surface area contributed by atoms with Crippen molar-refractivity contribution in [3.05, 3.63) is 47.8 Å². The zero-order chi connectivity index (χ0) is 29.0. The minimum atomic E-state index is -5.20. The van der Waals surface area contributed by atoms with Crippen LogP contribution in [-0.4, -0.2) is 97.9 Å². The predicted octanol–water partition coefficient (Wildman–Crippen LogP) is 1.63. The highest BCUT2D eigenvalue weighted by molar-refractivity contribution is 5.96. The van der Waals surface area contributed by atoms with Gasteiger partial charge in [-0.1, -0.05) is 12.1 Å². The van der Waals surface area contributed by atoms with Gasteiger partial charge < -0.3 is 21.1 Å². The predicted molar refractivity (Wildman–Crippen MR) is 128 cm³/mol. The summed E-state index contributed by atoms with van der Waals surface area (Å²) in [5.41, 5.74) is 8.09. The van der Waals surface area contributed by atoms with E-state index in [4.69, 9.17) is 5.73 Å². The van der Waals surface area contributed by atoms with Crippen LogP contribution in [0.3, 0.4) is 0 Å². The number of alkyl halides is 6. The van der Waals surface area contributed by atoms with E-state index >= 15 is 0 Å². The number of amides is 2. The molecule has 40 heavy (non-hydrogen) atoms. The molecular weight excluding hydrogens is 548 g/mol. The number of fused-ring (bicyclic) bond motifs is 1. The number of hydrogen-bond acceptors (Lipinski definition) is 7. The van der Waals surface area contributed by atoms with Gasteiger partial charge in [-0.3, -0.25) is 14.5 Å². The molecule has 2 fully saturated rings. The minimum absolute atomic E-state index is 0.0747. The van der Waals surface area contributed by atoms with E-state index in [9.17, 15) is 41.0 Å². The molecule has 3 atom stereocenters. The van der Waals surface area contributed by atoms with Crippen LogP contribution < -0.4 is 11.1 Å². The number of halogens is 6. The van der Waals surface area contributed by atoms with Crippen LogP contribution in [0.15, 0.2) is 36.7 Å². The van der Waals surface area contributed by atoms with Gasteiger partial charge in [0.25, 0.3) is 17.7 Å². The van der Waals surface area contributed by atoms with Crippen molar-refractivity contribution >= 4 is 23.1 Å². The fourth-order valence-electron chi connectivity index (χ4n) is 4.90. The molecule has 10 nitrogen and oxygen atoms in total. The van der Waals surface area contributed by atoms with Crippen LogP contribution in [0.2, 0.25) is 0 Å². The number of nitrogens with one attached hydrogen (secondary N) is 1. The normalized spacial score (nSPS) is 21.8. The van der Waals surface area contributed by atoms with Crippen molar-refractivity contribution in [2.75, 3.05) is 31.9 Å². The second kappa shape index (κ2) is 9.92. The lowest BCUT2D eigenvalue weighted by Gasteiger charge is -2.38. The molecule has 2 amide bonds. The van der Waals surface area contributed by atoms with Gasteiger partial charge in [0.05, 0.1) is 31.4 Å². The summed E-state index contributed by atoms with van der Waals surface area (Å²) >= 11 is 0. The smallest absolute Gasteiger partial charge is 0.382 e. The van der Waals surface area contributed by atoms with Crippen LogP contribution in [-0.2, 0) is 11.3 Å². The van der Waals surface area contributed by atoms with Crippen LogP contribution in [0.25, 0.3) is 16.8 Å². The van der Waals surface area contributed by atoms with Crippen molar-refractivity contribution in [2.24, 2.45) is 0 Å². The van der Waals surface area contributed by atoms with Crippen molar-refractivity contribution in [1.82, 2.24) is 29.7 Å². The molecule has 3 aromatic rings. The van der Waals surface area contributed by atoms with Gasteiger partial charge in [-0.2, -0.15) is 18.3 Å². The van der Waals surface area contributed by atoms with Crippen LogP contribution in [0.5, 0.6) is 0 Å². The van der Waals surface area contributed by atoms with Crippen molar-refractivity contribution in [2.45, 2.75) is 37.0 Å². The van der Waals surface area contributed by atoms with E-state index in [1.165, 1.54) is 27.9 Å². The number of rotatable bonds is 6. The second-order valence-electron chi connectivity index (χ2n) is 9.83. The molecule has 0 aliphatic carbocycles. The van der Waals surface area contributed by atoms with Gasteiger partial charge in [0, 0.05) is 24.2 Å². The number of hydrogen-bond donors (Lipinski definition) is 3. The van der Waals surface area contributed by atoms with E-state index in [-0.39, 0.29) is 17.9 Å². The Bertz CT molecular complexity index is 1450. The Hall–Kier alpha value is -3.92. The Morgan fingerprint density at radius 2 is 1.93 bits per heavy atom. The number of benzene rings is 1. The van der Waals surface area contributed by atoms with Crippen LogP contribution >= 0.6 is 0 Å². The largest absolute Gasteiger partial charge is 0.423 e. The summed E-state index contributed by atoms with van der Waals surface area (Å²) in [6, 6.07) is 6.49. The first-order chi connectivity index (χ1) is 18.7. The van der Waals surface area contributed by atoms with E-state index < -0.39 is 68.4 Å². The molecule has 214 valence electrons. The molecular formula is C24H23F6N7O3. The summed E-state index contributed by atoms with van der Waals surface area (Å²) in [7, 11) is 0. The number of carbonyl (C=O) groups is 2. The topological polar surface area (TPSA) is 129 Å². The monoisotopic (exact) mass is 571 g/mol. The highest BCUT2D eigenvalue weighted by Crippen LogP contribution is 2.33. The number of aliphatic hydroxyl groups excluding tert-OH is 1. The molecule has 1 unspecified atom stereocenters. The number of nitrogens with two attached hydrogens (primary N) is 1. The molecule has 0 radical (unpaired) electrons. The first kappa shape index (κ1) is 27.6. The fraction of sp³-hybridized carbons (Fsp3) is 0.417.